The number of carbonyl (C=O) groups excluding carboxylic acids is 1. The summed E-state index contributed by atoms with van der Waals surface area (Å²) in [7, 11) is 0. The van der Waals surface area contributed by atoms with Crippen LogP contribution >= 0.6 is 0 Å². The van der Waals surface area contributed by atoms with Crippen LogP contribution in [0.15, 0.2) is 12.1 Å². The highest BCUT2D eigenvalue weighted by Gasteiger charge is 2.46. The highest BCUT2D eigenvalue weighted by Crippen LogP contribution is 2.42. The SMILES string of the molecule is CCOC(=O)Cc1ccc(C(F)(F)F)c(C(F)(F)F)c1F. The highest BCUT2D eigenvalue weighted by atomic mass is 19.4. The summed E-state index contributed by atoms with van der Waals surface area (Å²) >= 11 is 0. The molecule has 1 aromatic carbocycles. The van der Waals surface area contributed by atoms with E-state index in [2.05, 4.69) is 4.74 Å². The molecule has 0 amide bonds. The van der Waals surface area contributed by atoms with E-state index in [1.165, 1.54) is 6.92 Å². The van der Waals surface area contributed by atoms with E-state index in [0.29, 0.717) is 6.07 Å². The van der Waals surface area contributed by atoms with Crippen molar-refractivity contribution < 1.29 is 40.3 Å². The molecule has 0 spiro atoms. The van der Waals surface area contributed by atoms with Crippen LogP contribution in [0.3, 0.4) is 0 Å². The molecule has 0 atom stereocenters. The molecule has 0 aliphatic carbocycles. The maximum atomic E-state index is 13.7. The van der Waals surface area contributed by atoms with Gasteiger partial charge in [-0.15, -0.1) is 0 Å². The first-order valence-electron chi connectivity index (χ1n) is 5.59. The minimum atomic E-state index is -5.54. The van der Waals surface area contributed by atoms with E-state index >= 15 is 0 Å². The summed E-state index contributed by atoms with van der Waals surface area (Å²) in [6.45, 7) is 1.33. The quantitative estimate of drug-likeness (QED) is 0.623. The van der Waals surface area contributed by atoms with Gasteiger partial charge < -0.3 is 4.74 Å². The lowest BCUT2D eigenvalue weighted by Gasteiger charge is -2.17. The van der Waals surface area contributed by atoms with Crippen molar-refractivity contribution in [2.24, 2.45) is 0 Å². The molecular weight excluding hydrogens is 309 g/mol. The number of rotatable bonds is 3. The van der Waals surface area contributed by atoms with Gasteiger partial charge >= 0.3 is 18.3 Å². The normalized spacial score (nSPS) is 12.4. The number of halogens is 7. The average molecular weight is 318 g/mol. The number of alkyl halides is 6. The third kappa shape index (κ3) is 4.08. The molecule has 0 aliphatic rings. The first-order chi connectivity index (χ1) is 9.48. The van der Waals surface area contributed by atoms with Crippen LogP contribution in [0.4, 0.5) is 30.7 Å². The summed E-state index contributed by atoms with van der Waals surface area (Å²) in [5, 5.41) is 0. The fraction of sp³-hybridized carbons (Fsp3) is 0.417. The van der Waals surface area contributed by atoms with Crippen molar-refractivity contribution >= 4 is 5.97 Å². The van der Waals surface area contributed by atoms with Gasteiger partial charge in [-0.1, -0.05) is 6.07 Å². The maximum Gasteiger partial charge on any atom is 0.419 e. The smallest absolute Gasteiger partial charge is 0.419 e. The molecular formula is C12H9F7O2. The summed E-state index contributed by atoms with van der Waals surface area (Å²) in [5.41, 5.74) is -5.38. The molecule has 0 aliphatic heterocycles. The Morgan fingerprint density at radius 2 is 1.67 bits per heavy atom. The second-order valence-corrected chi connectivity index (χ2v) is 3.94. The Hall–Kier alpha value is -1.80. The first kappa shape index (κ1) is 17.3. The van der Waals surface area contributed by atoms with Gasteiger partial charge in [0.15, 0.2) is 0 Å². The third-order valence-electron chi connectivity index (χ3n) is 2.45. The Morgan fingerprint density at radius 1 is 1.10 bits per heavy atom. The van der Waals surface area contributed by atoms with Crippen molar-refractivity contribution in [3.63, 3.8) is 0 Å². The topological polar surface area (TPSA) is 26.3 Å². The lowest BCUT2D eigenvalue weighted by Crippen LogP contribution is -2.20. The van der Waals surface area contributed by atoms with E-state index in [4.69, 9.17) is 0 Å². The lowest BCUT2D eigenvalue weighted by molar-refractivity contribution is -0.164. The molecule has 0 bridgehead atoms. The number of ether oxygens (including phenoxy) is 1. The van der Waals surface area contributed by atoms with Crippen LogP contribution < -0.4 is 0 Å². The van der Waals surface area contributed by atoms with Crippen LogP contribution in [-0.2, 0) is 28.3 Å². The Bertz CT molecular complexity index is 532. The van der Waals surface area contributed by atoms with Gasteiger partial charge in [0.25, 0.3) is 0 Å². The zero-order valence-electron chi connectivity index (χ0n) is 10.5. The Labute approximate surface area is 114 Å². The van der Waals surface area contributed by atoms with Crippen molar-refractivity contribution in [1.29, 1.82) is 0 Å². The van der Waals surface area contributed by atoms with Crippen molar-refractivity contribution in [2.45, 2.75) is 25.7 Å². The lowest BCUT2D eigenvalue weighted by atomic mass is 10.00. The van der Waals surface area contributed by atoms with Crippen LogP contribution in [-0.4, -0.2) is 12.6 Å². The number of benzene rings is 1. The molecule has 0 N–H and O–H groups in total. The number of esters is 1. The predicted molar refractivity (Wildman–Crippen MR) is 56.7 cm³/mol. The monoisotopic (exact) mass is 318 g/mol. The zero-order valence-corrected chi connectivity index (χ0v) is 10.5. The molecule has 0 radical (unpaired) electrons. The van der Waals surface area contributed by atoms with Crippen LogP contribution in [0.5, 0.6) is 0 Å². The first-order valence-corrected chi connectivity index (χ1v) is 5.59. The van der Waals surface area contributed by atoms with Gasteiger partial charge in [-0.2, -0.15) is 26.3 Å². The molecule has 0 heterocycles. The molecule has 0 aromatic heterocycles. The number of hydrogen-bond acceptors (Lipinski definition) is 2. The van der Waals surface area contributed by atoms with Crippen LogP contribution in [0.2, 0.25) is 0 Å². The van der Waals surface area contributed by atoms with E-state index in [1.54, 1.807) is 0 Å². The Balaban J connectivity index is 3.38. The van der Waals surface area contributed by atoms with Crippen molar-refractivity contribution in [3.05, 3.63) is 34.6 Å². The number of hydrogen-bond donors (Lipinski definition) is 0. The molecule has 1 rings (SSSR count). The van der Waals surface area contributed by atoms with Gasteiger partial charge in [0.2, 0.25) is 0 Å². The summed E-state index contributed by atoms with van der Waals surface area (Å²) in [4.78, 5) is 11.1. The van der Waals surface area contributed by atoms with E-state index in [-0.39, 0.29) is 12.7 Å². The predicted octanol–water partition coefficient (Wildman–Crippen LogP) is 3.97. The third-order valence-corrected chi connectivity index (χ3v) is 2.45. The minimum absolute atomic E-state index is 0.0901. The van der Waals surface area contributed by atoms with Crippen LogP contribution in [0, 0.1) is 5.82 Å². The van der Waals surface area contributed by atoms with Crippen LogP contribution in [0.25, 0.3) is 0 Å². The Morgan fingerprint density at radius 3 is 2.10 bits per heavy atom. The number of carbonyl (C=O) groups is 1. The van der Waals surface area contributed by atoms with Gasteiger partial charge in [0, 0.05) is 0 Å². The zero-order chi connectivity index (χ0) is 16.4. The molecule has 2 nitrogen and oxygen atoms in total. The van der Waals surface area contributed by atoms with Crippen LogP contribution in [0.1, 0.15) is 23.6 Å². The van der Waals surface area contributed by atoms with E-state index in [0.717, 1.165) is 0 Å². The van der Waals surface area contributed by atoms with Gasteiger partial charge in [-0.25, -0.2) is 4.39 Å². The van der Waals surface area contributed by atoms with E-state index < -0.39 is 47.3 Å². The average Bonchev–Trinajstić information content (AvgIpc) is 2.28. The van der Waals surface area contributed by atoms with Crippen molar-refractivity contribution in [3.8, 4) is 0 Å². The molecule has 0 saturated carbocycles. The fourth-order valence-electron chi connectivity index (χ4n) is 1.64. The highest BCUT2D eigenvalue weighted by molar-refractivity contribution is 5.72. The van der Waals surface area contributed by atoms with Gasteiger partial charge in [-0.05, 0) is 18.6 Å². The second-order valence-electron chi connectivity index (χ2n) is 3.94. The second kappa shape index (κ2) is 5.90. The summed E-state index contributed by atoms with van der Waals surface area (Å²) < 4.78 is 93.6. The molecule has 0 unspecified atom stereocenters. The molecule has 9 heteroatoms. The van der Waals surface area contributed by atoms with Gasteiger partial charge in [-0.3, -0.25) is 4.79 Å². The van der Waals surface area contributed by atoms with Gasteiger partial charge in [0.1, 0.15) is 11.4 Å². The fourth-order valence-corrected chi connectivity index (χ4v) is 1.64. The molecule has 0 saturated heterocycles. The largest absolute Gasteiger partial charge is 0.466 e. The summed E-state index contributed by atoms with van der Waals surface area (Å²) in [5.74, 6) is -3.16. The van der Waals surface area contributed by atoms with E-state index in [1.807, 2.05) is 0 Å². The molecule has 118 valence electrons. The molecule has 0 fully saturated rings. The minimum Gasteiger partial charge on any atom is -0.466 e. The van der Waals surface area contributed by atoms with Crippen molar-refractivity contribution in [2.75, 3.05) is 6.61 Å². The maximum absolute atomic E-state index is 13.7. The Kier molecular flexibility index (Phi) is 4.85. The van der Waals surface area contributed by atoms with Gasteiger partial charge in [0.05, 0.1) is 18.6 Å². The molecule has 1 aromatic rings. The molecule has 21 heavy (non-hydrogen) atoms. The van der Waals surface area contributed by atoms with Crippen molar-refractivity contribution in [1.82, 2.24) is 0 Å². The summed E-state index contributed by atoms with van der Waals surface area (Å²) in [6, 6.07) is 0.588. The standard InChI is InChI=1S/C12H9F7O2/c1-2-21-8(20)5-6-3-4-7(11(14,15)16)9(10(6)13)12(17,18)19/h3-4H,2,5H2,1H3. The summed E-state index contributed by atoms with van der Waals surface area (Å²) in [6.07, 6.45) is -11.8. The van der Waals surface area contributed by atoms with E-state index in [9.17, 15) is 35.5 Å².